The van der Waals surface area contributed by atoms with Crippen LogP contribution in [0.25, 0.3) is 21.9 Å². The molecule has 35 heavy (non-hydrogen) atoms. The maximum Gasteiger partial charge on any atom is 0.319 e. The summed E-state index contributed by atoms with van der Waals surface area (Å²) < 4.78 is 22.2. The summed E-state index contributed by atoms with van der Waals surface area (Å²) in [6.07, 6.45) is 7.66. The second-order valence-electron chi connectivity index (χ2n) is 10.1. The number of nitrogens with one attached hydrogen (secondary N) is 1. The summed E-state index contributed by atoms with van der Waals surface area (Å²) in [5, 5.41) is 8.73. The van der Waals surface area contributed by atoms with Crippen molar-refractivity contribution in [3.05, 3.63) is 16.6 Å². The summed E-state index contributed by atoms with van der Waals surface area (Å²) in [6, 6.07) is 0.336. The zero-order valence-corrected chi connectivity index (χ0v) is 20.0. The van der Waals surface area contributed by atoms with Gasteiger partial charge in [0.05, 0.1) is 48.4 Å². The van der Waals surface area contributed by atoms with Gasteiger partial charge in [0.1, 0.15) is 17.9 Å². The Bertz CT molecular complexity index is 1350. The highest BCUT2D eigenvalue weighted by molar-refractivity contribution is 6.08. The lowest BCUT2D eigenvalue weighted by atomic mass is 9.88. The lowest BCUT2D eigenvalue weighted by Gasteiger charge is -2.40. The number of hydrogen-bond donors (Lipinski definition) is 1. The van der Waals surface area contributed by atoms with Gasteiger partial charge in [-0.1, -0.05) is 6.42 Å². The van der Waals surface area contributed by atoms with E-state index in [2.05, 4.69) is 22.4 Å². The van der Waals surface area contributed by atoms with Crippen molar-refractivity contribution < 1.29 is 14.2 Å². The number of likely N-dealkylation sites (tertiary alicyclic amines) is 1. The van der Waals surface area contributed by atoms with Crippen molar-refractivity contribution in [2.75, 3.05) is 45.3 Å². The van der Waals surface area contributed by atoms with Gasteiger partial charge in [0.15, 0.2) is 5.79 Å². The van der Waals surface area contributed by atoms with Gasteiger partial charge in [-0.3, -0.25) is 14.0 Å². The van der Waals surface area contributed by atoms with Gasteiger partial charge in [0.2, 0.25) is 0 Å². The largest absolute Gasteiger partial charge is 0.462 e. The van der Waals surface area contributed by atoms with Crippen LogP contribution >= 0.6 is 0 Å². The van der Waals surface area contributed by atoms with Crippen LogP contribution in [0.2, 0.25) is 0 Å². The van der Waals surface area contributed by atoms with E-state index in [9.17, 15) is 4.79 Å². The molecule has 7 rings (SSSR count). The third kappa shape index (κ3) is 3.28. The van der Waals surface area contributed by atoms with Crippen molar-refractivity contribution in [2.24, 2.45) is 0 Å². The van der Waals surface area contributed by atoms with Crippen LogP contribution in [0.3, 0.4) is 0 Å². The van der Waals surface area contributed by atoms with Crippen LogP contribution < -0.4 is 15.6 Å². The molecule has 11 heteroatoms. The molecular weight excluding hydrogens is 450 g/mol. The van der Waals surface area contributed by atoms with Crippen molar-refractivity contribution in [3.8, 4) is 6.01 Å². The molecule has 6 heterocycles. The van der Waals surface area contributed by atoms with Crippen LogP contribution in [-0.2, 0) is 16.0 Å². The van der Waals surface area contributed by atoms with Crippen LogP contribution in [-0.4, -0.2) is 81.0 Å². The summed E-state index contributed by atoms with van der Waals surface area (Å²) in [4.78, 5) is 25.9. The molecule has 0 amide bonds. The zero-order chi connectivity index (χ0) is 23.6. The smallest absolute Gasteiger partial charge is 0.319 e. The Morgan fingerprint density at radius 2 is 2.06 bits per heavy atom. The van der Waals surface area contributed by atoms with Gasteiger partial charge in [-0.2, -0.15) is 15.1 Å². The molecule has 2 saturated heterocycles. The molecule has 0 radical (unpaired) electrons. The van der Waals surface area contributed by atoms with Gasteiger partial charge in [0, 0.05) is 19.0 Å². The molecule has 1 aliphatic carbocycles. The van der Waals surface area contributed by atoms with E-state index in [1.165, 1.54) is 0 Å². The van der Waals surface area contributed by atoms with Gasteiger partial charge in [-0.05, 0) is 39.3 Å². The minimum Gasteiger partial charge on any atom is -0.462 e. The van der Waals surface area contributed by atoms with Gasteiger partial charge >= 0.3 is 6.01 Å². The van der Waals surface area contributed by atoms with Gasteiger partial charge in [-0.15, -0.1) is 0 Å². The molecule has 3 aliphatic heterocycles. The van der Waals surface area contributed by atoms with Crippen LogP contribution in [0.4, 0.5) is 5.82 Å². The Morgan fingerprint density at radius 1 is 1.17 bits per heavy atom. The third-order valence-electron chi connectivity index (χ3n) is 8.17. The molecule has 186 valence electrons. The first-order valence-corrected chi connectivity index (χ1v) is 12.8. The number of anilines is 1. The van der Waals surface area contributed by atoms with E-state index >= 15 is 0 Å². The Kier molecular flexibility index (Phi) is 5.00. The summed E-state index contributed by atoms with van der Waals surface area (Å²) >= 11 is 0. The fraction of sp³-hybridized carbons (Fsp3) is 0.667. The number of nitrogens with zero attached hydrogens (tertiary/aromatic N) is 6. The first-order chi connectivity index (χ1) is 17.1. The summed E-state index contributed by atoms with van der Waals surface area (Å²) in [5.41, 5.74) is 1.84. The van der Waals surface area contributed by atoms with E-state index in [0.717, 1.165) is 56.1 Å². The number of rotatable bonds is 4. The maximum atomic E-state index is 14.2. The standard InChI is InChI=1S/C24H31N7O4/c1-29-9-4-5-15(29)14-33-23-27-19-18-20-16(13-26-30(20)10-8-25-21(18)28-23)31(22(19)32)17-6-2-3-7-24(17)34-11-12-35-24/h13,15,17H,2-12,14H2,1H3,(H,25,27,28)/t15-,17?/m0/s1. The van der Waals surface area contributed by atoms with E-state index in [1.54, 1.807) is 6.20 Å². The van der Waals surface area contributed by atoms with Gasteiger partial charge in [0.25, 0.3) is 5.56 Å². The van der Waals surface area contributed by atoms with Crippen molar-refractivity contribution in [2.45, 2.75) is 62.9 Å². The quantitative estimate of drug-likeness (QED) is 0.598. The predicted molar refractivity (Wildman–Crippen MR) is 129 cm³/mol. The Morgan fingerprint density at radius 3 is 2.89 bits per heavy atom. The summed E-state index contributed by atoms with van der Waals surface area (Å²) in [5.74, 6) is -0.143. The number of ether oxygens (including phenoxy) is 3. The highest BCUT2D eigenvalue weighted by Gasteiger charge is 2.48. The molecule has 3 aromatic heterocycles. The summed E-state index contributed by atoms with van der Waals surface area (Å²) in [6.45, 7) is 3.98. The van der Waals surface area contributed by atoms with E-state index in [0.29, 0.717) is 55.7 Å². The second kappa shape index (κ2) is 8.14. The average molecular weight is 482 g/mol. The summed E-state index contributed by atoms with van der Waals surface area (Å²) in [7, 11) is 2.11. The van der Waals surface area contributed by atoms with Crippen molar-refractivity contribution >= 4 is 27.8 Å². The van der Waals surface area contributed by atoms with E-state index in [4.69, 9.17) is 24.2 Å². The number of hydrogen-bond acceptors (Lipinski definition) is 9. The lowest BCUT2D eigenvalue weighted by molar-refractivity contribution is -0.205. The van der Waals surface area contributed by atoms with Crippen LogP contribution in [0, 0.1) is 0 Å². The Hall–Kier alpha value is -2.76. The fourth-order valence-electron chi connectivity index (χ4n) is 6.39. The average Bonchev–Trinajstić information content (AvgIpc) is 3.57. The molecule has 11 nitrogen and oxygen atoms in total. The third-order valence-corrected chi connectivity index (χ3v) is 8.17. The van der Waals surface area contributed by atoms with Crippen molar-refractivity contribution in [1.82, 2.24) is 29.2 Å². The van der Waals surface area contributed by atoms with Crippen LogP contribution in [0.5, 0.6) is 6.01 Å². The molecular formula is C24H31N7O4. The van der Waals surface area contributed by atoms with E-state index in [1.807, 2.05) is 9.25 Å². The van der Waals surface area contributed by atoms with Gasteiger partial charge in [-0.25, -0.2) is 0 Å². The Labute approximate surface area is 202 Å². The van der Waals surface area contributed by atoms with Crippen LogP contribution in [0.1, 0.15) is 44.6 Å². The normalized spacial score (nSPS) is 26.1. The second-order valence-corrected chi connectivity index (χ2v) is 10.1. The van der Waals surface area contributed by atoms with Crippen LogP contribution in [0.15, 0.2) is 11.0 Å². The minimum absolute atomic E-state index is 0.174. The molecule has 3 fully saturated rings. The molecule has 1 spiro atoms. The highest BCUT2D eigenvalue weighted by Crippen LogP contribution is 2.44. The van der Waals surface area contributed by atoms with Crippen molar-refractivity contribution in [1.29, 1.82) is 0 Å². The molecule has 1 N–H and O–H groups in total. The molecule has 1 saturated carbocycles. The first kappa shape index (κ1) is 21.5. The minimum atomic E-state index is -0.772. The molecule has 1 unspecified atom stereocenters. The lowest BCUT2D eigenvalue weighted by Crippen LogP contribution is -2.46. The monoisotopic (exact) mass is 481 g/mol. The highest BCUT2D eigenvalue weighted by atomic mass is 16.7. The predicted octanol–water partition coefficient (Wildman–Crippen LogP) is 1.90. The maximum absolute atomic E-state index is 14.2. The molecule has 0 aromatic carbocycles. The number of likely N-dealkylation sites (N-methyl/N-ethyl adjacent to an activating group) is 1. The van der Waals surface area contributed by atoms with Gasteiger partial charge < -0.3 is 24.4 Å². The van der Waals surface area contributed by atoms with E-state index in [-0.39, 0.29) is 17.6 Å². The zero-order valence-electron chi connectivity index (χ0n) is 20.0. The van der Waals surface area contributed by atoms with E-state index < -0.39 is 5.79 Å². The van der Waals surface area contributed by atoms with Crippen molar-refractivity contribution in [3.63, 3.8) is 0 Å². The SMILES string of the molecule is CN1CCC[C@H]1COc1nc2c3c(n1)c(=O)n(C1CCCCC14OCCO4)c1cnn(c31)CCN2. The first-order valence-electron chi connectivity index (χ1n) is 12.8. The number of pyridine rings is 1. The molecule has 2 atom stereocenters. The molecule has 4 aliphatic rings. The molecule has 3 aromatic rings. The molecule has 0 bridgehead atoms. The fourth-order valence-corrected chi connectivity index (χ4v) is 6.39. The Balaban J connectivity index is 1.41. The number of aromatic nitrogens is 5. The topological polar surface area (TPSA) is 109 Å².